The van der Waals surface area contributed by atoms with Crippen LogP contribution < -0.4 is 0 Å². The molecule has 2 rings (SSSR count). The summed E-state index contributed by atoms with van der Waals surface area (Å²) >= 11 is 9.29. The standard InChI is InChI=1S/C12H8BrClO4/c13-7-3-1-2-6(10(7)14)11(15)8-4-5-9(18-8)12(16)17/h1-5,11,15H,(H,16,17). The number of furan rings is 1. The Kier molecular flexibility index (Phi) is 3.75. The summed E-state index contributed by atoms with van der Waals surface area (Å²) in [6.07, 6.45) is -1.11. The molecule has 4 nitrogen and oxygen atoms in total. The summed E-state index contributed by atoms with van der Waals surface area (Å²) in [4.78, 5) is 10.7. The van der Waals surface area contributed by atoms with Crippen LogP contribution in [-0.4, -0.2) is 16.2 Å². The highest BCUT2D eigenvalue weighted by Crippen LogP contribution is 2.33. The lowest BCUT2D eigenvalue weighted by atomic mass is 10.1. The molecule has 0 amide bonds. The molecule has 1 atom stereocenters. The Hall–Kier alpha value is -1.30. The zero-order chi connectivity index (χ0) is 13.3. The van der Waals surface area contributed by atoms with Crippen LogP contribution >= 0.6 is 27.5 Å². The molecule has 94 valence electrons. The van der Waals surface area contributed by atoms with Crippen molar-refractivity contribution in [2.24, 2.45) is 0 Å². The molecule has 1 aromatic heterocycles. The highest BCUT2D eigenvalue weighted by atomic mass is 79.9. The molecule has 0 aliphatic rings. The number of aromatic carboxylic acids is 1. The fraction of sp³-hybridized carbons (Fsp3) is 0.0833. The fourth-order valence-corrected chi connectivity index (χ4v) is 2.11. The van der Waals surface area contributed by atoms with Crippen molar-refractivity contribution in [3.63, 3.8) is 0 Å². The quantitative estimate of drug-likeness (QED) is 0.903. The van der Waals surface area contributed by atoms with Crippen LogP contribution in [0.5, 0.6) is 0 Å². The van der Waals surface area contributed by atoms with Crippen LogP contribution in [0, 0.1) is 0 Å². The van der Waals surface area contributed by atoms with E-state index in [1.165, 1.54) is 12.1 Å². The van der Waals surface area contributed by atoms with Crippen molar-refractivity contribution in [2.45, 2.75) is 6.10 Å². The van der Waals surface area contributed by atoms with Gasteiger partial charge in [-0.2, -0.15) is 0 Å². The van der Waals surface area contributed by atoms with Gasteiger partial charge >= 0.3 is 5.97 Å². The van der Waals surface area contributed by atoms with E-state index in [-0.39, 0.29) is 11.5 Å². The first-order valence-corrected chi connectivity index (χ1v) is 6.13. The van der Waals surface area contributed by atoms with E-state index in [2.05, 4.69) is 15.9 Å². The first-order chi connectivity index (χ1) is 8.50. The monoisotopic (exact) mass is 330 g/mol. The fourth-order valence-electron chi connectivity index (χ4n) is 1.50. The first-order valence-electron chi connectivity index (χ1n) is 4.95. The number of halogens is 2. The van der Waals surface area contributed by atoms with Gasteiger partial charge in [-0.15, -0.1) is 0 Å². The molecule has 0 aliphatic carbocycles. The Labute approximate surface area is 116 Å². The number of carboxylic acid groups (broad SMARTS) is 1. The van der Waals surface area contributed by atoms with E-state index in [1.807, 2.05) is 0 Å². The predicted molar refractivity (Wildman–Crippen MR) is 68.9 cm³/mol. The van der Waals surface area contributed by atoms with Crippen LogP contribution in [0.1, 0.15) is 28.0 Å². The summed E-state index contributed by atoms with van der Waals surface area (Å²) in [5, 5.41) is 19.2. The normalized spacial score (nSPS) is 12.4. The number of carboxylic acids is 1. The van der Waals surface area contributed by atoms with E-state index >= 15 is 0 Å². The zero-order valence-electron chi connectivity index (χ0n) is 8.93. The Morgan fingerprint density at radius 2 is 2.06 bits per heavy atom. The van der Waals surface area contributed by atoms with Crippen LogP contribution in [0.2, 0.25) is 5.02 Å². The van der Waals surface area contributed by atoms with Crippen LogP contribution in [0.4, 0.5) is 0 Å². The van der Waals surface area contributed by atoms with Gasteiger partial charge in [0.25, 0.3) is 0 Å². The van der Waals surface area contributed by atoms with E-state index in [0.717, 1.165) is 0 Å². The number of hydrogen-bond acceptors (Lipinski definition) is 3. The lowest BCUT2D eigenvalue weighted by Crippen LogP contribution is -2.00. The number of carbonyl (C=O) groups is 1. The summed E-state index contributed by atoms with van der Waals surface area (Å²) in [6.45, 7) is 0. The SMILES string of the molecule is O=C(O)c1ccc(C(O)c2cccc(Br)c2Cl)o1. The minimum Gasteiger partial charge on any atom is -0.475 e. The molecule has 2 N–H and O–H groups in total. The smallest absolute Gasteiger partial charge is 0.371 e. The van der Waals surface area contributed by atoms with E-state index in [4.69, 9.17) is 21.1 Å². The Morgan fingerprint density at radius 3 is 2.67 bits per heavy atom. The average molecular weight is 332 g/mol. The molecule has 0 bridgehead atoms. The summed E-state index contributed by atoms with van der Waals surface area (Å²) in [5.41, 5.74) is 0.442. The molecule has 1 aromatic carbocycles. The molecule has 2 aromatic rings. The number of hydrogen-bond donors (Lipinski definition) is 2. The molecule has 18 heavy (non-hydrogen) atoms. The topological polar surface area (TPSA) is 70.7 Å². The largest absolute Gasteiger partial charge is 0.475 e. The van der Waals surface area contributed by atoms with Gasteiger partial charge in [0.2, 0.25) is 5.76 Å². The van der Waals surface area contributed by atoms with E-state index in [9.17, 15) is 9.90 Å². The summed E-state index contributed by atoms with van der Waals surface area (Å²) in [6, 6.07) is 7.79. The Balaban J connectivity index is 2.38. The van der Waals surface area contributed by atoms with E-state index in [0.29, 0.717) is 15.1 Å². The lowest BCUT2D eigenvalue weighted by molar-refractivity contribution is 0.0655. The van der Waals surface area contributed by atoms with Crippen LogP contribution in [-0.2, 0) is 0 Å². The lowest BCUT2D eigenvalue weighted by Gasteiger charge is -2.11. The number of rotatable bonds is 3. The highest BCUT2D eigenvalue weighted by Gasteiger charge is 2.20. The second-order valence-corrected chi connectivity index (χ2v) is 4.79. The van der Waals surface area contributed by atoms with Gasteiger partial charge in [-0.3, -0.25) is 0 Å². The minimum absolute atomic E-state index is 0.132. The maximum atomic E-state index is 10.7. The maximum Gasteiger partial charge on any atom is 0.371 e. The average Bonchev–Trinajstić information content (AvgIpc) is 2.81. The first kappa shape index (κ1) is 13.1. The third-order valence-electron chi connectivity index (χ3n) is 2.38. The van der Waals surface area contributed by atoms with Crippen LogP contribution in [0.25, 0.3) is 0 Å². The number of aliphatic hydroxyl groups excluding tert-OH is 1. The van der Waals surface area contributed by atoms with E-state index in [1.54, 1.807) is 18.2 Å². The summed E-state index contributed by atoms with van der Waals surface area (Å²) in [5.74, 6) is -1.28. The van der Waals surface area contributed by atoms with Gasteiger partial charge in [-0.05, 0) is 34.1 Å². The third-order valence-corrected chi connectivity index (χ3v) is 3.69. The minimum atomic E-state index is -1.19. The second-order valence-electron chi connectivity index (χ2n) is 3.55. The molecule has 0 saturated carbocycles. The van der Waals surface area contributed by atoms with Crippen molar-refractivity contribution in [3.8, 4) is 0 Å². The Bertz CT molecular complexity index is 594. The molecule has 0 aliphatic heterocycles. The van der Waals surface area contributed by atoms with Gasteiger partial charge in [0.15, 0.2) is 0 Å². The maximum absolute atomic E-state index is 10.7. The molecule has 0 fully saturated rings. The molecule has 0 saturated heterocycles. The molecule has 0 radical (unpaired) electrons. The Morgan fingerprint density at radius 1 is 1.33 bits per heavy atom. The van der Waals surface area contributed by atoms with Gasteiger partial charge in [0, 0.05) is 10.0 Å². The van der Waals surface area contributed by atoms with Crippen molar-refractivity contribution in [3.05, 3.63) is 56.9 Å². The third kappa shape index (κ3) is 2.43. The van der Waals surface area contributed by atoms with Gasteiger partial charge in [0.05, 0.1) is 5.02 Å². The predicted octanol–water partition coefficient (Wildman–Crippen LogP) is 3.48. The van der Waals surface area contributed by atoms with Gasteiger partial charge in [-0.1, -0.05) is 23.7 Å². The van der Waals surface area contributed by atoms with Crippen molar-refractivity contribution in [1.82, 2.24) is 0 Å². The van der Waals surface area contributed by atoms with Crippen LogP contribution in [0.3, 0.4) is 0 Å². The van der Waals surface area contributed by atoms with Crippen molar-refractivity contribution >= 4 is 33.5 Å². The molecule has 6 heteroatoms. The second kappa shape index (κ2) is 5.14. The van der Waals surface area contributed by atoms with Gasteiger partial charge in [-0.25, -0.2) is 4.79 Å². The molecule has 1 heterocycles. The molecular formula is C12H8BrClO4. The van der Waals surface area contributed by atoms with Crippen molar-refractivity contribution < 1.29 is 19.4 Å². The number of benzene rings is 1. The van der Waals surface area contributed by atoms with Gasteiger partial charge < -0.3 is 14.6 Å². The van der Waals surface area contributed by atoms with Crippen molar-refractivity contribution in [1.29, 1.82) is 0 Å². The zero-order valence-corrected chi connectivity index (χ0v) is 11.3. The van der Waals surface area contributed by atoms with Crippen molar-refractivity contribution in [2.75, 3.05) is 0 Å². The molecule has 1 unspecified atom stereocenters. The van der Waals surface area contributed by atoms with E-state index < -0.39 is 12.1 Å². The van der Waals surface area contributed by atoms with Gasteiger partial charge in [0.1, 0.15) is 11.9 Å². The highest BCUT2D eigenvalue weighted by molar-refractivity contribution is 9.10. The number of aliphatic hydroxyl groups is 1. The summed E-state index contributed by atoms with van der Waals surface area (Å²) in [7, 11) is 0. The van der Waals surface area contributed by atoms with Crippen LogP contribution in [0.15, 0.2) is 39.2 Å². The molecular weight excluding hydrogens is 323 g/mol. The summed E-state index contributed by atoms with van der Waals surface area (Å²) < 4.78 is 5.68. The molecule has 0 spiro atoms.